The Labute approximate surface area is 118 Å². The first-order valence-electron chi connectivity index (χ1n) is 6.28. The molecule has 0 heterocycles. The smallest absolute Gasteiger partial charge is 0.308 e. The van der Waals surface area contributed by atoms with Gasteiger partial charge in [0.1, 0.15) is 0 Å². The first kappa shape index (κ1) is 15.0. The van der Waals surface area contributed by atoms with Gasteiger partial charge in [0.2, 0.25) is 0 Å². The van der Waals surface area contributed by atoms with Crippen molar-refractivity contribution in [1.82, 2.24) is 0 Å². The molecule has 0 radical (unpaired) electrons. The molecule has 0 aromatic carbocycles. The van der Waals surface area contributed by atoms with Crippen LogP contribution < -0.4 is 0 Å². The molecule has 3 aliphatic carbocycles. The summed E-state index contributed by atoms with van der Waals surface area (Å²) in [6, 6.07) is 0. The standard InChI is InChI=1S/C13H14O8/c1-3-2-4-6(10(14)15)8(12(18)19)5(3)9(13(20)21)7(4)11(16)17/h2,4-9H,1H3,(H,14,15)(H,16,17)(H,18,19)(H,20,21). The maximum Gasteiger partial charge on any atom is 0.308 e. The largest absolute Gasteiger partial charge is 0.481 e. The number of allylic oxidation sites excluding steroid dienone is 2. The van der Waals surface area contributed by atoms with E-state index in [1.807, 2.05) is 0 Å². The third kappa shape index (κ3) is 2.07. The molecule has 4 unspecified atom stereocenters. The van der Waals surface area contributed by atoms with Gasteiger partial charge in [0.15, 0.2) is 0 Å². The van der Waals surface area contributed by atoms with E-state index in [0.29, 0.717) is 5.57 Å². The van der Waals surface area contributed by atoms with Crippen molar-refractivity contribution in [3.05, 3.63) is 11.6 Å². The molecule has 8 heteroatoms. The highest BCUT2D eigenvalue weighted by molar-refractivity contribution is 5.88. The molecule has 0 aliphatic heterocycles. The lowest BCUT2D eigenvalue weighted by atomic mass is 9.51. The van der Waals surface area contributed by atoms with Gasteiger partial charge in [-0.15, -0.1) is 0 Å². The van der Waals surface area contributed by atoms with Crippen LogP contribution in [0.4, 0.5) is 0 Å². The van der Waals surface area contributed by atoms with Crippen molar-refractivity contribution in [2.75, 3.05) is 0 Å². The third-order valence-electron chi connectivity index (χ3n) is 4.50. The van der Waals surface area contributed by atoms with Crippen molar-refractivity contribution < 1.29 is 39.6 Å². The Morgan fingerprint density at radius 1 is 0.762 bits per heavy atom. The molecule has 3 rings (SSSR count). The van der Waals surface area contributed by atoms with E-state index in [4.69, 9.17) is 0 Å². The van der Waals surface area contributed by atoms with Crippen LogP contribution in [0.1, 0.15) is 6.92 Å². The highest BCUT2D eigenvalue weighted by Crippen LogP contribution is 2.54. The number of hydrogen-bond acceptors (Lipinski definition) is 4. The Balaban J connectivity index is 2.64. The van der Waals surface area contributed by atoms with Crippen LogP contribution in [0.15, 0.2) is 11.6 Å². The summed E-state index contributed by atoms with van der Waals surface area (Å²) in [6.45, 7) is 1.51. The van der Waals surface area contributed by atoms with Gasteiger partial charge in [0.25, 0.3) is 0 Å². The maximum absolute atomic E-state index is 11.4. The number of carboxylic acid groups (broad SMARTS) is 4. The second kappa shape index (κ2) is 4.87. The minimum atomic E-state index is -1.44. The van der Waals surface area contributed by atoms with Gasteiger partial charge in [0.05, 0.1) is 23.7 Å². The topological polar surface area (TPSA) is 149 Å². The maximum atomic E-state index is 11.4. The van der Waals surface area contributed by atoms with Crippen molar-refractivity contribution in [2.45, 2.75) is 6.92 Å². The summed E-state index contributed by atoms with van der Waals surface area (Å²) < 4.78 is 0. The van der Waals surface area contributed by atoms with E-state index in [0.717, 1.165) is 0 Å². The Bertz CT molecular complexity index is 523. The highest BCUT2D eigenvalue weighted by Gasteiger charge is 2.62. The molecule has 2 bridgehead atoms. The second-order valence-corrected chi connectivity index (χ2v) is 5.47. The minimum Gasteiger partial charge on any atom is -0.481 e. The van der Waals surface area contributed by atoms with Gasteiger partial charge in [0, 0.05) is 11.8 Å². The van der Waals surface area contributed by atoms with Crippen LogP contribution in [0, 0.1) is 35.5 Å². The zero-order valence-electron chi connectivity index (χ0n) is 11.0. The molecular formula is C13H14O8. The first-order valence-corrected chi connectivity index (χ1v) is 6.28. The zero-order chi connectivity index (χ0) is 16.1. The van der Waals surface area contributed by atoms with Gasteiger partial charge in [-0.05, 0) is 6.92 Å². The summed E-state index contributed by atoms with van der Waals surface area (Å²) in [6.07, 6.45) is 1.40. The summed E-state index contributed by atoms with van der Waals surface area (Å²) in [4.78, 5) is 45.6. The lowest BCUT2D eigenvalue weighted by Crippen LogP contribution is -2.58. The Morgan fingerprint density at radius 2 is 1.10 bits per heavy atom. The van der Waals surface area contributed by atoms with E-state index in [2.05, 4.69) is 0 Å². The van der Waals surface area contributed by atoms with Gasteiger partial charge in [-0.25, -0.2) is 0 Å². The lowest BCUT2D eigenvalue weighted by molar-refractivity contribution is -0.178. The molecule has 0 amide bonds. The second-order valence-electron chi connectivity index (χ2n) is 5.47. The van der Waals surface area contributed by atoms with Crippen molar-refractivity contribution in [2.24, 2.45) is 35.5 Å². The molecule has 4 atom stereocenters. The normalized spacial score (nSPS) is 37.7. The van der Waals surface area contributed by atoms with Crippen molar-refractivity contribution in [3.8, 4) is 0 Å². The average Bonchev–Trinajstić information content (AvgIpc) is 2.35. The molecule has 8 nitrogen and oxygen atoms in total. The van der Waals surface area contributed by atoms with Crippen LogP contribution in [0.2, 0.25) is 0 Å². The highest BCUT2D eigenvalue weighted by atomic mass is 16.4. The molecule has 0 spiro atoms. The fourth-order valence-corrected chi connectivity index (χ4v) is 3.81. The van der Waals surface area contributed by atoms with Crippen molar-refractivity contribution >= 4 is 23.9 Å². The summed E-state index contributed by atoms with van der Waals surface area (Å²) in [5.74, 6) is -13.7. The zero-order valence-corrected chi connectivity index (χ0v) is 11.0. The van der Waals surface area contributed by atoms with Crippen molar-refractivity contribution in [3.63, 3.8) is 0 Å². The predicted molar refractivity (Wildman–Crippen MR) is 65.2 cm³/mol. The monoisotopic (exact) mass is 298 g/mol. The van der Waals surface area contributed by atoms with Gasteiger partial charge in [-0.3, -0.25) is 19.2 Å². The van der Waals surface area contributed by atoms with Gasteiger partial charge < -0.3 is 20.4 Å². The molecule has 0 saturated heterocycles. The lowest BCUT2D eigenvalue weighted by Gasteiger charge is -2.49. The van der Waals surface area contributed by atoms with Crippen LogP contribution in [0.5, 0.6) is 0 Å². The van der Waals surface area contributed by atoms with Crippen LogP contribution in [-0.4, -0.2) is 44.3 Å². The van der Waals surface area contributed by atoms with E-state index in [1.54, 1.807) is 0 Å². The Hall–Kier alpha value is -2.38. The van der Waals surface area contributed by atoms with E-state index < -0.39 is 59.4 Å². The van der Waals surface area contributed by atoms with Crippen LogP contribution >= 0.6 is 0 Å². The van der Waals surface area contributed by atoms with Gasteiger partial charge >= 0.3 is 23.9 Å². The SMILES string of the molecule is CC1=CC2C(C(=O)O)C(C(=O)O)C1C(C(=O)O)C2C(=O)O. The third-order valence-corrected chi connectivity index (χ3v) is 4.50. The van der Waals surface area contributed by atoms with Gasteiger partial charge in [-0.2, -0.15) is 0 Å². The molecule has 4 N–H and O–H groups in total. The number of carbonyl (C=O) groups is 4. The Morgan fingerprint density at radius 3 is 1.38 bits per heavy atom. The number of fused-ring (bicyclic) bond motifs is 2. The summed E-state index contributed by atoms with van der Waals surface area (Å²) in [7, 11) is 0. The number of hydrogen-bond donors (Lipinski definition) is 4. The molecule has 0 aromatic heterocycles. The van der Waals surface area contributed by atoms with E-state index >= 15 is 0 Å². The molecule has 3 aliphatic rings. The average molecular weight is 298 g/mol. The molecule has 21 heavy (non-hydrogen) atoms. The minimum absolute atomic E-state index is 0.426. The summed E-state index contributed by atoms with van der Waals surface area (Å²) in [5.41, 5.74) is 0.426. The van der Waals surface area contributed by atoms with E-state index in [1.165, 1.54) is 13.0 Å². The predicted octanol–water partition coefficient (Wildman–Crippen LogP) is -0.00450. The molecule has 1 fully saturated rings. The van der Waals surface area contributed by atoms with E-state index in [9.17, 15) is 39.6 Å². The van der Waals surface area contributed by atoms with Gasteiger partial charge in [-0.1, -0.05) is 11.6 Å². The van der Waals surface area contributed by atoms with Crippen LogP contribution in [0.25, 0.3) is 0 Å². The van der Waals surface area contributed by atoms with E-state index in [-0.39, 0.29) is 0 Å². The summed E-state index contributed by atoms with van der Waals surface area (Å²) >= 11 is 0. The molecule has 1 saturated carbocycles. The Kier molecular flexibility index (Phi) is 3.48. The fraction of sp³-hybridized carbons (Fsp3) is 0.538. The summed E-state index contributed by atoms with van der Waals surface area (Å²) in [5, 5.41) is 37.1. The fourth-order valence-electron chi connectivity index (χ4n) is 3.81. The molecular weight excluding hydrogens is 284 g/mol. The quantitative estimate of drug-likeness (QED) is 0.529. The number of aliphatic carboxylic acids is 4. The number of rotatable bonds is 4. The van der Waals surface area contributed by atoms with Crippen LogP contribution in [0.3, 0.4) is 0 Å². The number of carboxylic acids is 4. The molecule has 0 aromatic rings. The molecule has 114 valence electrons. The van der Waals surface area contributed by atoms with Crippen molar-refractivity contribution in [1.29, 1.82) is 0 Å². The van der Waals surface area contributed by atoms with Crippen LogP contribution in [-0.2, 0) is 19.2 Å². The first-order chi connectivity index (χ1) is 9.68.